The zero-order chi connectivity index (χ0) is 17.9. The summed E-state index contributed by atoms with van der Waals surface area (Å²) in [5.74, 6) is 0.471. The summed E-state index contributed by atoms with van der Waals surface area (Å²) in [6, 6.07) is 2.74. The minimum absolute atomic E-state index is 0.261. The fraction of sp³-hybridized carbons (Fsp3) is 0.529. The summed E-state index contributed by atoms with van der Waals surface area (Å²) in [6.45, 7) is 5.77. The molecule has 1 aliphatic carbocycles. The van der Waals surface area contributed by atoms with Gasteiger partial charge in [-0.25, -0.2) is 0 Å². The Balaban J connectivity index is 2.31. The molecule has 0 bridgehead atoms. The molecule has 1 aliphatic rings. The van der Waals surface area contributed by atoms with Crippen LogP contribution in [0.2, 0.25) is 0 Å². The van der Waals surface area contributed by atoms with E-state index in [2.05, 4.69) is 4.90 Å². The lowest BCUT2D eigenvalue weighted by molar-refractivity contribution is -0.385. The van der Waals surface area contributed by atoms with Crippen LogP contribution in [0, 0.1) is 16.0 Å². The fourth-order valence-electron chi connectivity index (χ4n) is 2.82. The normalized spacial score (nSPS) is 15.5. The van der Waals surface area contributed by atoms with Gasteiger partial charge in [0.05, 0.1) is 10.5 Å². The Morgan fingerprint density at radius 2 is 1.96 bits per heavy atom. The van der Waals surface area contributed by atoms with Gasteiger partial charge in [0.15, 0.2) is 0 Å². The molecule has 1 aromatic carbocycles. The molecule has 1 saturated carbocycles. The Bertz CT molecular complexity index is 633. The summed E-state index contributed by atoms with van der Waals surface area (Å²) >= 11 is 0. The molecule has 0 aliphatic heterocycles. The van der Waals surface area contributed by atoms with Crippen molar-refractivity contribution in [2.45, 2.75) is 39.3 Å². The van der Waals surface area contributed by atoms with E-state index in [1.54, 1.807) is 0 Å². The largest absolute Gasteiger partial charge is 0.416 e. The van der Waals surface area contributed by atoms with Crippen LogP contribution in [0.3, 0.4) is 0 Å². The first-order valence-corrected chi connectivity index (χ1v) is 8.07. The van der Waals surface area contributed by atoms with Crippen molar-refractivity contribution < 1.29 is 18.1 Å². The molecule has 0 atom stereocenters. The SMILES string of the molecule is CCN(CC)C(=CCc1ccc(C(F)(F)F)cc1[N+](=O)[O-])C1CC1. The Kier molecular flexibility index (Phi) is 5.51. The standard InChI is InChI=1S/C17H21F3N2O2/c1-3-21(4-2)15(12-5-6-12)10-8-13-7-9-14(17(18,19)20)11-16(13)22(23)24/h7,9-12H,3-6,8H2,1-2H3. The summed E-state index contributed by atoms with van der Waals surface area (Å²) < 4.78 is 38.2. The molecule has 1 fully saturated rings. The van der Waals surface area contributed by atoms with Crippen molar-refractivity contribution in [3.05, 3.63) is 51.2 Å². The van der Waals surface area contributed by atoms with E-state index in [4.69, 9.17) is 0 Å². The van der Waals surface area contributed by atoms with E-state index in [0.717, 1.165) is 37.7 Å². The molecule has 24 heavy (non-hydrogen) atoms. The summed E-state index contributed by atoms with van der Waals surface area (Å²) in [7, 11) is 0. The van der Waals surface area contributed by atoms with Crippen LogP contribution < -0.4 is 0 Å². The number of alkyl halides is 3. The van der Waals surface area contributed by atoms with Crippen LogP contribution in [0.1, 0.15) is 37.8 Å². The average Bonchev–Trinajstić information content (AvgIpc) is 3.35. The molecular weight excluding hydrogens is 321 g/mol. The first-order chi connectivity index (χ1) is 11.3. The van der Waals surface area contributed by atoms with Crippen molar-refractivity contribution in [3.8, 4) is 0 Å². The quantitative estimate of drug-likeness (QED) is 0.528. The molecule has 1 aromatic rings. The molecule has 0 aromatic heterocycles. The van der Waals surface area contributed by atoms with Gasteiger partial charge in [0, 0.05) is 30.4 Å². The number of rotatable bonds is 7. The van der Waals surface area contributed by atoms with Gasteiger partial charge in [-0.15, -0.1) is 0 Å². The van der Waals surface area contributed by atoms with E-state index in [1.807, 2.05) is 19.9 Å². The summed E-state index contributed by atoms with van der Waals surface area (Å²) in [5, 5.41) is 11.1. The molecule has 0 radical (unpaired) electrons. The molecule has 132 valence electrons. The molecule has 0 heterocycles. The van der Waals surface area contributed by atoms with Gasteiger partial charge in [-0.3, -0.25) is 10.1 Å². The Morgan fingerprint density at radius 3 is 2.42 bits per heavy atom. The maximum atomic E-state index is 12.7. The third-order valence-corrected chi connectivity index (χ3v) is 4.26. The minimum atomic E-state index is -4.58. The molecule has 0 N–H and O–H groups in total. The third-order valence-electron chi connectivity index (χ3n) is 4.26. The monoisotopic (exact) mass is 342 g/mol. The van der Waals surface area contributed by atoms with Gasteiger partial charge in [0.25, 0.3) is 5.69 Å². The van der Waals surface area contributed by atoms with Crippen LogP contribution in [0.25, 0.3) is 0 Å². The number of hydrogen-bond acceptors (Lipinski definition) is 3. The number of benzene rings is 1. The number of nitrogens with zero attached hydrogens (tertiary/aromatic N) is 2. The van der Waals surface area contributed by atoms with Crippen molar-refractivity contribution >= 4 is 5.69 Å². The van der Waals surface area contributed by atoms with E-state index >= 15 is 0 Å². The van der Waals surface area contributed by atoms with E-state index < -0.39 is 22.4 Å². The number of nitro benzene ring substituents is 1. The van der Waals surface area contributed by atoms with Gasteiger partial charge in [-0.1, -0.05) is 12.1 Å². The van der Waals surface area contributed by atoms with E-state index in [0.29, 0.717) is 17.5 Å². The summed E-state index contributed by atoms with van der Waals surface area (Å²) in [6.07, 6.45) is -0.203. The van der Waals surface area contributed by atoms with Crippen LogP contribution in [-0.2, 0) is 12.6 Å². The van der Waals surface area contributed by atoms with Gasteiger partial charge in [-0.05, 0) is 45.1 Å². The van der Waals surface area contributed by atoms with Gasteiger partial charge >= 0.3 is 6.18 Å². The molecule has 7 heteroatoms. The highest BCUT2D eigenvalue weighted by molar-refractivity contribution is 5.45. The van der Waals surface area contributed by atoms with Gasteiger partial charge in [-0.2, -0.15) is 13.2 Å². The van der Waals surface area contributed by atoms with E-state index in [-0.39, 0.29) is 6.42 Å². The lowest BCUT2D eigenvalue weighted by Crippen LogP contribution is -2.23. The predicted molar refractivity (Wildman–Crippen MR) is 85.5 cm³/mol. The topological polar surface area (TPSA) is 46.4 Å². The molecule has 0 saturated heterocycles. The molecule has 0 spiro atoms. The fourth-order valence-corrected chi connectivity index (χ4v) is 2.82. The number of halogens is 3. The van der Waals surface area contributed by atoms with Gasteiger partial charge in [0.2, 0.25) is 0 Å². The molecule has 2 rings (SSSR count). The van der Waals surface area contributed by atoms with Gasteiger partial charge in [0.1, 0.15) is 0 Å². The highest BCUT2D eigenvalue weighted by Crippen LogP contribution is 2.39. The highest BCUT2D eigenvalue weighted by Gasteiger charge is 2.33. The maximum Gasteiger partial charge on any atom is 0.416 e. The lowest BCUT2D eigenvalue weighted by atomic mass is 10.0. The summed E-state index contributed by atoms with van der Waals surface area (Å²) in [4.78, 5) is 12.6. The van der Waals surface area contributed by atoms with E-state index in [9.17, 15) is 23.3 Å². The first-order valence-electron chi connectivity index (χ1n) is 8.07. The van der Waals surface area contributed by atoms with Crippen molar-refractivity contribution in [3.63, 3.8) is 0 Å². The highest BCUT2D eigenvalue weighted by atomic mass is 19.4. The Morgan fingerprint density at radius 1 is 1.33 bits per heavy atom. The van der Waals surface area contributed by atoms with Crippen LogP contribution in [-0.4, -0.2) is 22.9 Å². The smallest absolute Gasteiger partial charge is 0.375 e. The van der Waals surface area contributed by atoms with Crippen molar-refractivity contribution in [1.29, 1.82) is 0 Å². The molecule has 0 amide bonds. The first kappa shape index (κ1) is 18.3. The third kappa shape index (κ3) is 4.27. The van der Waals surface area contributed by atoms with Crippen molar-refractivity contribution in [2.24, 2.45) is 5.92 Å². The average molecular weight is 342 g/mol. The zero-order valence-corrected chi connectivity index (χ0v) is 13.8. The van der Waals surface area contributed by atoms with Crippen molar-refractivity contribution in [1.82, 2.24) is 4.90 Å². The van der Waals surface area contributed by atoms with Gasteiger partial charge < -0.3 is 4.90 Å². The second-order valence-electron chi connectivity index (χ2n) is 5.88. The maximum absolute atomic E-state index is 12.7. The van der Waals surface area contributed by atoms with Crippen LogP contribution in [0.15, 0.2) is 30.0 Å². The predicted octanol–water partition coefficient (Wildman–Crippen LogP) is 4.79. The Hall–Kier alpha value is -2.05. The Labute approximate surface area is 139 Å². The van der Waals surface area contributed by atoms with E-state index in [1.165, 1.54) is 6.07 Å². The number of nitro groups is 1. The molecule has 0 unspecified atom stereocenters. The number of hydrogen-bond donors (Lipinski definition) is 0. The van der Waals surface area contributed by atoms with Crippen LogP contribution in [0.4, 0.5) is 18.9 Å². The van der Waals surface area contributed by atoms with Crippen LogP contribution >= 0.6 is 0 Å². The second kappa shape index (κ2) is 7.23. The van der Waals surface area contributed by atoms with Crippen molar-refractivity contribution in [2.75, 3.05) is 13.1 Å². The molecular formula is C17H21F3N2O2. The summed E-state index contributed by atoms with van der Waals surface area (Å²) in [5.41, 5.74) is -0.0173. The van der Waals surface area contributed by atoms with Crippen LogP contribution in [0.5, 0.6) is 0 Å². The minimum Gasteiger partial charge on any atom is -0.375 e. The zero-order valence-electron chi connectivity index (χ0n) is 13.8. The second-order valence-corrected chi connectivity index (χ2v) is 5.88. The lowest BCUT2D eigenvalue weighted by Gasteiger charge is -2.24. The number of allylic oxidation sites excluding steroid dienone is 2. The molecule has 4 nitrogen and oxygen atoms in total.